The van der Waals surface area contributed by atoms with Crippen LogP contribution in [0.3, 0.4) is 0 Å². The third kappa shape index (κ3) is 4.77. The topological polar surface area (TPSA) is 74.8 Å². The van der Waals surface area contributed by atoms with Gasteiger partial charge in [-0.15, -0.1) is 0 Å². The van der Waals surface area contributed by atoms with E-state index in [1.807, 2.05) is 25.3 Å². The SMILES string of the molecule is CCOC(C)[C@H]1CCN(Cc2c(OC)cc(C)c3[nH]ccc23)[C@H](c2ccc(C(=O)O)cc2)C1. The minimum absolute atomic E-state index is 0.175. The van der Waals surface area contributed by atoms with Crippen molar-refractivity contribution in [2.24, 2.45) is 5.92 Å². The highest BCUT2D eigenvalue weighted by atomic mass is 16.5. The maximum Gasteiger partial charge on any atom is 0.335 e. The van der Waals surface area contributed by atoms with Gasteiger partial charge >= 0.3 is 5.97 Å². The van der Waals surface area contributed by atoms with Gasteiger partial charge in [0.1, 0.15) is 5.75 Å². The first-order valence-corrected chi connectivity index (χ1v) is 11.7. The van der Waals surface area contributed by atoms with Crippen LogP contribution in [0, 0.1) is 12.8 Å². The molecule has 4 rings (SSSR count). The van der Waals surface area contributed by atoms with Gasteiger partial charge in [0.05, 0.1) is 18.8 Å². The highest BCUT2D eigenvalue weighted by Gasteiger charge is 2.33. The van der Waals surface area contributed by atoms with Crippen molar-refractivity contribution in [2.45, 2.75) is 52.3 Å². The molecule has 1 aromatic heterocycles. The fraction of sp³-hybridized carbons (Fsp3) is 0.444. The molecule has 3 aromatic rings. The van der Waals surface area contributed by atoms with Crippen LogP contribution in [0.25, 0.3) is 10.9 Å². The highest BCUT2D eigenvalue weighted by Crippen LogP contribution is 2.40. The van der Waals surface area contributed by atoms with Gasteiger partial charge in [0.25, 0.3) is 0 Å². The summed E-state index contributed by atoms with van der Waals surface area (Å²) in [5, 5.41) is 10.5. The summed E-state index contributed by atoms with van der Waals surface area (Å²) in [6.45, 7) is 8.72. The number of carboxylic acid groups (broad SMARTS) is 1. The number of ether oxygens (including phenoxy) is 2. The number of carboxylic acids is 1. The third-order valence-corrected chi connectivity index (χ3v) is 7.08. The Hall–Kier alpha value is -2.83. The Balaban J connectivity index is 1.68. The minimum atomic E-state index is -0.899. The van der Waals surface area contributed by atoms with Crippen molar-refractivity contribution in [3.8, 4) is 5.75 Å². The zero-order valence-corrected chi connectivity index (χ0v) is 19.9. The summed E-state index contributed by atoms with van der Waals surface area (Å²) in [5.74, 6) is 0.464. The molecule has 1 saturated heterocycles. The van der Waals surface area contributed by atoms with E-state index < -0.39 is 5.97 Å². The van der Waals surface area contributed by atoms with E-state index >= 15 is 0 Å². The molecule has 6 heteroatoms. The van der Waals surface area contributed by atoms with Crippen LogP contribution in [-0.4, -0.2) is 47.3 Å². The van der Waals surface area contributed by atoms with Crippen LogP contribution in [0.2, 0.25) is 0 Å². The number of likely N-dealkylation sites (tertiary alicyclic amines) is 1. The normalized spacial score (nSPS) is 20.1. The molecule has 0 saturated carbocycles. The van der Waals surface area contributed by atoms with Crippen molar-refractivity contribution in [1.82, 2.24) is 9.88 Å². The van der Waals surface area contributed by atoms with Crippen LogP contribution < -0.4 is 4.74 Å². The Bertz CT molecular complexity index is 1110. The molecule has 1 unspecified atom stereocenters. The number of aromatic amines is 1. The molecule has 0 bridgehead atoms. The standard InChI is InChI=1S/C27H34N2O4/c1-5-33-18(3)21-11-13-29(24(15-21)19-6-8-20(9-7-19)27(30)31)16-23-22-10-12-28-26(22)17(2)14-25(23)32-4/h6-10,12,14,18,21,24,28H,5,11,13,15-16H2,1-4H3,(H,30,31)/t18?,21-,24-/m0/s1. The Morgan fingerprint density at radius 3 is 2.70 bits per heavy atom. The van der Waals surface area contributed by atoms with Crippen LogP contribution >= 0.6 is 0 Å². The van der Waals surface area contributed by atoms with Gasteiger partial charge in [0, 0.05) is 41.9 Å². The zero-order valence-electron chi connectivity index (χ0n) is 19.9. The second-order valence-electron chi connectivity index (χ2n) is 9.00. The number of hydrogen-bond donors (Lipinski definition) is 2. The highest BCUT2D eigenvalue weighted by molar-refractivity contribution is 5.88. The van der Waals surface area contributed by atoms with Gasteiger partial charge in [0.15, 0.2) is 0 Å². The first-order chi connectivity index (χ1) is 15.9. The van der Waals surface area contributed by atoms with Crippen LogP contribution in [-0.2, 0) is 11.3 Å². The van der Waals surface area contributed by atoms with Crippen molar-refractivity contribution in [1.29, 1.82) is 0 Å². The third-order valence-electron chi connectivity index (χ3n) is 7.08. The second kappa shape index (κ2) is 9.98. The molecule has 3 atom stereocenters. The smallest absolute Gasteiger partial charge is 0.335 e. The molecule has 0 radical (unpaired) electrons. The molecule has 6 nitrogen and oxygen atoms in total. The lowest BCUT2D eigenvalue weighted by molar-refractivity contribution is -0.0100. The number of aromatic carboxylic acids is 1. The van der Waals surface area contributed by atoms with E-state index in [-0.39, 0.29) is 12.1 Å². The number of methoxy groups -OCH3 is 1. The molecule has 2 aromatic carbocycles. The molecule has 1 fully saturated rings. The number of carbonyl (C=O) groups is 1. The van der Waals surface area contributed by atoms with Crippen molar-refractivity contribution in [3.05, 3.63) is 64.8 Å². The number of aromatic nitrogens is 1. The molecule has 0 aliphatic carbocycles. The largest absolute Gasteiger partial charge is 0.496 e. The van der Waals surface area contributed by atoms with Gasteiger partial charge in [-0.1, -0.05) is 12.1 Å². The number of rotatable bonds is 8. The molecular formula is C27H34N2O4. The van der Waals surface area contributed by atoms with E-state index in [4.69, 9.17) is 9.47 Å². The molecule has 33 heavy (non-hydrogen) atoms. The first-order valence-electron chi connectivity index (χ1n) is 11.7. The number of H-pyrrole nitrogens is 1. The Morgan fingerprint density at radius 2 is 2.03 bits per heavy atom. The summed E-state index contributed by atoms with van der Waals surface area (Å²) in [4.78, 5) is 17.2. The Labute approximate surface area is 195 Å². The molecule has 0 amide bonds. The van der Waals surface area contributed by atoms with Crippen LogP contribution in [0.1, 0.15) is 59.8 Å². The number of piperidine rings is 1. The van der Waals surface area contributed by atoms with Gasteiger partial charge in [-0.3, -0.25) is 4.90 Å². The summed E-state index contributed by atoms with van der Waals surface area (Å²) in [6.07, 6.45) is 4.22. The summed E-state index contributed by atoms with van der Waals surface area (Å²) < 4.78 is 11.7. The second-order valence-corrected chi connectivity index (χ2v) is 9.00. The van der Waals surface area contributed by atoms with Crippen molar-refractivity contribution in [3.63, 3.8) is 0 Å². The molecule has 1 aliphatic rings. The number of fused-ring (bicyclic) bond motifs is 1. The Kier molecular flexibility index (Phi) is 7.05. The molecule has 2 heterocycles. The quantitative estimate of drug-likeness (QED) is 0.470. The fourth-order valence-corrected chi connectivity index (χ4v) is 5.23. The van der Waals surface area contributed by atoms with Gasteiger partial charge in [-0.2, -0.15) is 0 Å². The molecule has 0 spiro atoms. The molecular weight excluding hydrogens is 416 g/mol. The summed E-state index contributed by atoms with van der Waals surface area (Å²) in [6, 6.07) is 11.8. The molecule has 1 aliphatic heterocycles. The van der Waals surface area contributed by atoms with Gasteiger partial charge in [0.2, 0.25) is 0 Å². The number of nitrogens with one attached hydrogen (secondary N) is 1. The summed E-state index contributed by atoms with van der Waals surface area (Å²) in [5.41, 5.74) is 4.95. The van der Waals surface area contributed by atoms with Gasteiger partial charge in [-0.25, -0.2) is 4.79 Å². The maximum absolute atomic E-state index is 11.4. The molecule has 2 N–H and O–H groups in total. The van der Waals surface area contributed by atoms with Crippen molar-refractivity contribution >= 4 is 16.9 Å². The average Bonchev–Trinajstić information content (AvgIpc) is 3.32. The average molecular weight is 451 g/mol. The van der Waals surface area contributed by atoms with E-state index in [2.05, 4.69) is 35.9 Å². The number of aryl methyl sites for hydroxylation is 1. The van der Waals surface area contributed by atoms with E-state index in [1.54, 1.807) is 19.2 Å². The van der Waals surface area contributed by atoms with Crippen molar-refractivity contribution < 1.29 is 19.4 Å². The number of benzene rings is 2. The zero-order chi connectivity index (χ0) is 23.5. The first kappa shape index (κ1) is 23.3. The maximum atomic E-state index is 11.4. The monoisotopic (exact) mass is 450 g/mol. The lowest BCUT2D eigenvalue weighted by Gasteiger charge is -2.42. The van der Waals surface area contributed by atoms with Crippen LogP contribution in [0.5, 0.6) is 5.75 Å². The molecule has 176 valence electrons. The van der Waals surface area contributed by atoms with Crippen molar-refractivity contribution in [2.75, 3.05) is 20.3 Å². The van der Waals surface area contributed by atoms with Gasteiger partial charge in [-0.05, 0) is 81.5 Å². The Morgan fingerprint density at radius 1 is 1.27 bits per heavy atom. The van der Waals surface area contributed by atoms with E-state index in [0.29, 0.717) is 18.1 Å². The van der Waals surface area contributed by atoms with Crippen LogP contribution in [0.4, 0.5) is 0 Å². The summed E-state index contributed by atoms with van der Waals surface area (Å²) >= 11 is 0. The van der Waals surface area contributed by atoms with E-state index in [1.165, 1.54) is 16.5 Å². The minimum Gasteiger partial charge on any atom is -0.496 e. The predicted molar refractivity (Wildman–Crippen MR) is 130 cm³/mol. The van der Waals surface area contributed by atoms with E-state index in [9.17, 15) is 9.90 Å². The number of hydrogen-bond acceptors (Lipinski definition) is 4. The van der Waals surface area contributed by atoms with E-state index in [0.717, 1.165) is 42.8 Å². The lowest BCUT2D eigenvalue weighted by atomic mass is 9.83. The predicted octanol–water partition coefficient (Wildman–Crippen LogP) is 5.56. The fourth-order valence-electron chi connectivity index (χ4n) is 5.23. The summed E-state index contributed by atoms with van der Waals surface area (Å²) in [7, 11) is 1.73. The van der Waals surface area contributed by atoms with Crippen LogP contribution in [0.15, 0.2) is 42.6 Å². The lowest BCUT2D eigenvalue weighted by Crippen LogP contribution is -2.40. The van der Waals surface area contributed by atoms with Gasteiger partial charge < -0.3 is 19.6 Å². The number of nitrogens with zero attached hydrogens (tertiary/aromatic N) is 1.